The van der Waals surface area contributed by atoms with E-state index in [0.29, 0.717) is 11.3 Å². The van der Waals surface area contributed by atoms with Crippen molar-refractivity contribution in [1.29, 1.82) is 0 Å². The minimum atomic E-state index is -0.347. The van der Waals surface area contributed by atoms with E-state index in [-0.39, 0.29) is 5.91 Å². The smallest absolute Gasteiger partial charge is 0.288 e. The Morgan fingerprint density at radius 3 is 2.86 bits per heavy atom. The standard InChI is InChI=1S/C11H11NO2/c1-3-8-12-11(13)9-6-4-5-7-10(9)14-2/h3-7H,1-2H3. The van der Waals surface area contributed by atoms with E-state index in [1.165, 1.54) is 7.11 Å². The molecule has 3 nitrogen and oxygen atoms in total. The highest BCUT2D eigenvalue weighted by Crippen LogP contribution is 2.17. The van der Waals surface area contributed by atoms with Gasteiger partial charge in [0.15, 0.2) is 0 Å². The van der Waals surface area contributed by atoms with Crippen molar-refractivity contribution in [2.45, 2.75) is 6.92 Å². The third kappa shape index (κ3) is 2.31. The average molecular weight is 189 g/mol. The highest BCUT2D eigenvalue weighted by Gasteiger charge is 2.08. The van der Waals surface area contributed by atoms with Crippen molar-refractivity contribution in [3.63, 3.8) is 0 Å². The fourth-order valence-electron chi connectivity index (χ4n) is 1.00. The molecule has 0 aliphatic heterocycles. The molecule has 0 heterocycles. The van der Waals surface area contributed by atoms with Gasteiger partial charge in [0.1, 0.15) is 5.75 Å². The predicted octanol–water partition coefficient (Wildman–Crippen LogP) is 2.08. The zero-order chi connectivity index (χ0) is 10.4. The number of nitrogens with zero attached hydrogens (tertiary/aromatic N) is 1. The summed E-state index contributed by atoms with van der Waals surface area (Å²) in [4.78, 5) is 15.1. The van der Waals surface area contributed by atoms with Crippen molar-refractivity contribution in [2.24, 2.45) is 4.99 Å². The van der Waals surface area contributed by atoms with Gasteiger partial charge < -0.3 is 4.74 Å². The van der Waals surface area contributed by atoms with Gasteiger partial charge in [-0.25, -0.2) is 0 Å². The van der Waals surface area contributed by atoms with Gasteiger partial charge in [0.25, 0.3) is 5.91 Å². The van der Waals surface area contributed by atoms with Gasteiger partial charge >= 0.3 is 0 Å². The quantitative estimate of drug-likeness (QED) is 0.668. The lowest BCUT2D eigenvalue weighted by atomic mass is 10.2. The Balaban J connectivity index is 3.06. The fourth-order valence-corrected chi connectivity index (χ4v) is 1.00. The Labute approximate surface area is 82.7 Å². The number of hydrogen-bond acceptors (Lipinski definition) is 2. The van der Waals surface area contributed by atoms with Gasteiger partial charge in [-0.3, -0.25) is 4.79 Å². The van der Waals surface area contributed by atoms with E-state index < -0.39 is 0 Å². The number of carbonyl (C=O) groups is 1. The first-order valence-electron chi connectivity index (χ1n) is 4.21. The lowest BCUT2D eigenvalue weighted by molar-refractivity contribution is 0.100. The predicted molar refractivity (Wildman–Crippen MR) is 55.0 cm³/mol. The molecule has 0 spiro atoms. The maximum Gasteiger partial charge on any atom is 0.288 e. The van der Waals surface area contributed by atoms with Crippen molar-refractivity contribution in [2.75, 3.05) is 7.11 Å². The van der Waals surface area contributed by atoms with Crippen LogP contribution in [0.5, 0.6) is 5.75 Å². The molecule has 1 aromatic carbocycles. The maximum atomic E-state index is 11.5. The summed E-state index contributed by atoms with van der Waals surface area (Å²) in [5.41, 5.74) is 0.448. The van der Waals surface area contributed by atoms with E-state index in [2.05, 4.69) is 10.9 Å². The Hall–Kier alpha value is -1.86. The van der Waals surface area contributed by atoms with Crippen LogP contribution >= 0.6 is 0 Å². The summed E-state index contributed by atoms with van der Waals surface area (Å²) in [7, 11) is 1.52. The largest absolute Gasteiger partial charge is 0.496 e. The highest BCUT2D eigenvalue weighted by atomic mass is 16.5. The molecule has 1 rings (SSSR count). The molecular formula is C11H11NO2. The van der Waals surface area contributed by atoms with Crippen LogP contribution in [0.1, 0.15) is 17.3 Å². The van der Waals surface area contributed by atoms with Crippen molar-refractivity contribution >= 4 is 11.8 Å². The van der Waals surface area contributed by atoms with Crippen LogP contribution in [0.4, 0.5) is 0 Å². The number of rotatable bonds is 2. The summed E-state index contributed by atoms with van der Waals surface area (Å²) in [6.07, 6.45) is 1.58. The molecule has 0 atom stereocenters. The van der Waals surface area contributed by atoms with E-state index in [9.17, 15) is 4.79 Å². The van der Waals surface area contributed by atoms with E-state index in [1.54, 1.807) is 37.3 Å². The second kappa shape index (κ2) is 5.00. The van der Waals surface area contributed by atoms with Gasteiger partial charge in [0, 0.05) is 0 Å². The van der Waals surface area contributed by atoms with Crippen molar-refractivity contribution in [1.82, 2.24) is 0 Å². The van der Waals surface area contributed by atoms with Crippen LogP contribution in [0.2, 0.25) is 0 Å². The Morgan fingerprint density at radius 2 is 2.21 bits per heavy atom. The van der Waals surface area contributed by atoms with E-state index >= 15 is 0 Å². The lowest BCUT2D eigenvalue weighted by Crippen LogP contribution is -1.98. The molecule has 0 saturated carbocycles. The van der Waals surface area contributed by atoms with Crippen LogP contribution < -0.4 is 4.74 Å². The van der Waals surface area contributed by atoms with Crippen LogP contribution in [-0.4, -0.2) is 18.9 Å². The second-order valence-corrected chi connectivity index (χ2v) is 2.54. The topological polar surface area (TPSA) is 38.7 Å². The van der Waals surface area contributed by atoms with Crippen molar-refractivity contribution in [3.05, 3.63) is 35.9 Å². The minimum absolute atomic E-state index is 0.347. The molecule has 1 aromatic rings. The summed E-state index contributed by atoms with van der Waals surface area (Å²) < 4.78 is 5.03. The molecule has 0 unspecified atom stereocenters. The zero-order valence-corrected chi connectivity index (χ0v) is 8.15. The third-order valence-electron chi connectivity index (χ3n) is 1.63. The molecule has 1 amide bonds. The number of ether oxygens (including phenoxy) is 1. The molecule has 0 bridgehead atoms. The zero-order valence-electron chi connectivity index (χ0n) is 8.15. The van der Waals surface area contributed by atoms with Crippen LogP contribution in [0.25, 0.3) is 0 Å². The van der Waals surface area contributed by atoms with Gasteiger partial charge in [-0.05, 0) is 31.0 Å². The number of allylic oxidation sites excluding steroid dienone is 1. The number of para-hydroxylation sites is 1. The van der Waals surface area contributed by atoms with Gasteiger partial charge in [-0.15, -0.1) is 0 Å². The monoisotopic (exact) mass is 189 g/mol. The first kappa shape index (κ1) is 10.2. The van der Waals surface area contributed by atoms with E-state index in [0.717, 1.165) is 0 Å². The SMILES string of the molecule is CC=C=NC(=O)c1ccccc1OC. The maximum absolute atomic E-state index is 11.5. The normalized spacial score (nSPS) is 8.71. The number of methoxy groups -OCH3 is 1. The molecule has 0 aliphatic carbocycles. The van der Waals surface area contributed by atoms with Gasteiger partial charge in [-0.2, -0.15) is 4.99 Å². The second-order valence-electron chi connectivity index (χ2n) is 2.54. The molecule has 0 N–H and O–H groups in total. The van der Waals surface area contributed by atoms with Gasteiger partial charge in [0.05, 0.1) is 12.7 Å². The summed E-state index contributed by atoms with van der Waals surface area (Å²) in [6, 6.07) is 6.95. The fraction of sp³-hybridized carbons (Fsp3) is 0.182. The van der Waals surface area contributed by atoms with Gasteiger partial charge in [-0.1, -0.05) is 12.1 Å². The van der Waals surface area contributed by atoms with Crippen LogP contribution in [-0.2, 0) is 0 Å². The molecule has 0 saturated heterocycles. The molecule has 14 heavy (non-hydrogen) atoms. The first-order chi connectivity index (χ1) is 6.79. The average Bonchev–Trinajstić information content (AvgIpc) is 2.25. The molecular weight excluding hydrogens is 178 g/mol. The minimum Gasteiger partial charge on any atom is -0.496 e. The van der Waals surface area contributed by atoms with E-state index in [1.807, 2.05) is 0 Å². The summed E-state index contributed by atoms with van der Waals surface area (Å²) in [5.74, 6) is 2.67. The van der Waals surface area contributed by atoms with Crippen LogP contribution in [0, 0.1) is 0 Å². The molecule has 0 aliphatic rings. The number of benzene rings is 1. The molecule has 0 fully saturated rings. The lowest BCUT2D eigenvalue weighted by Gasteiger charge is -2.02. The van der Waals surface area contributed by atoms with Crippen LogP contribution in [0.15, 0.2) is 35.3 Å². The van der Waals surface area contributed by atoms with Crippen molar-refractivity contribution in [3.8, 4) is 5.75 Å². The summed E-state index contributed by atoms with van der Waals surface area (Å²) >= 11 is 0. The number of hydrogen-bond donors (Lipinski definition) is 0. The third-order valence-corrected chi connectivity index (χ3v) is 1.63. The molecule has 72 valence electrons. The Kier molecular flexibility index (Phi) is 3.65. The summed E-state index contributed by atoms with van der Waals surface area (Å²) in [5, 5.41) is 0. The summed E-state index contributed by atoms with van der Waals surface area (Å²) in [6.45, 7) is 1.75. The Bertz CT molecular complexity index is 390. The molecule has 0 radical (unpaired) electrons. The number of carbonyl (C=O) groups excluding carboxylic acids is 1. The van der Waals surface area contributed by atoms with Crippen molar-refractivity contribution < 1.29 is 9.53 Å². The van der Waals surface area contributed by atoms with Gasteiger partial charge in [0.2, 0.25) is 0 Å². The number of aliphatic imine (C=N–C) groups is 1. The number of amides is 1. The van der Waals surface area contributed by atoms with Crippen LogP contribution in [0.3, 0.4) is 0 Å². The van der Waals surface area contributed by atoms with E-state index in [4.69, 9.17) is 4.74 Å². The first-order valence-corrected chi connectivity index (χ1v) is 4.21. The highest BCUT2D eigenvalue weighted by molar-refractivity contribution is 6.00. The molecule has 0 aromatic heterocycles. The Morgan fingerprint density at radius 1 is 1.50 bits per heavy atom. The molecule has 3 heteroatoms.